The number of nitrogen functional groups attached to an aromatic ring is 1. The molecule has 0 fully saturated rings. The summed E-state index contributed by atoms with van der Waals surface area (Å²) in [6.45, 7) is 1.82. The SMILES string of the molecule is Cc1cc(CC(=O)NC2CCCc3cc(N)ccc32)no1. The third kappa shape index (κ3) is 3.07. The van der Waals surface area contributed by atoms with Gasteiger partial charge in [-0.05, 0) is 49.4 Å². The molecule has 1 atom stereocenters. The summed E-state index contributed by atoms with van der Waals surface area (Å²) in [6.07, 6.45) is 3.29. The molecule has 0 spiro atoms. The van der Waals surface area contributed by atoms with Crippen LogP contribution in [0.25, 0.3) is 0 Å². The van der Waals surface area contributed by atoms with E-state index < -0.39 is 0 Å². The number of carbonyl (C=O) groups excluding carboxylic acids is 1. The summed E-state index contributed by atoms with van der Waals surface area (Å²) < 4.78 is 4.98. The fourth-order valence-corrected chi connectivity index (χ4v) is 2.90. The number of anilines is 1. The molecule has 110 valence electrons. The number of nitrogens with two attached hydrogens (primary N) is 1. The van der Waals surface area contributed by atoms with Gasteiger partial charge in [-0.3, -0.25) is 4.79 Å². The summed E-state index contributed by atoms with van der Waals surface area (Å²) in [7, 11) is 0. The molecule has 1 aliphatic carbocycles. The molecule has 1 unspecified atom stereocenters. The summed E-state index contributed by atoms with van der Waals surface area (Å²) in [6, 6.07) is 7.78. The van der Waals surface area contributed by atoms with E-state index in [2.05, 4.69) is 10.5 Å². The highest BCUT2D eigenvalue weighted by molar-refractivity contribution is 5.78. The minimum atomic E-state index is -0.0297. The first-order valence-electron chi connectivity index (χ1n) is 7.21. The summed E-state index contributed by atoms with van der Waals surface area (Å²) in [5, 5.41) is 6.94. The number of benzene rings is 1. The van der Waals surface area contributed by atoms with Gasteiger partial charge in [-0.2, -0.15) is 0 Å². The van der Waals surface area contributed by atoms with Crippen molar-refractivity contribution in [3.05, 3.63) is 46.8 Å². The van der Waals surface area contributed by atoms with Crippen molar-refractivity contribution in [1.29, 1.82) is 0 Å². The molecule has 5 nitrogen and oxygen atoms in total. The van der Waals surface area contributed by atoms with Crippen molar-refractivity contribution in [1.82, 2.24) is 10.5 Å². The molecule has 5 heteroatoms. The Morgan fingerprint density at radius 1 is 1.48 bits per heavy atom. The summed E-state index contributed by atoms with van der Waals surface area (Å²) in [4.78, 5) is 12.1. The molecule has 0 aliphatic heterocycles. The van der Waals surface area contributed by atoms with E-state index in [4.69, 9.17) is 10.3 Å². The third-order valence-electron chi connectivity index (χ3n) is 3.84. The van der Waals surface area contributed by atoms with Crippen molar-refractivity contribution in [2.24, 2.45) is 0 Å². The Kier molecular flexibility index (Phi) is 3.64. The van der Waals surface area contributed by atoms with E-state index in [1.54, 1.807) is 6.07 Å². The van der Waals surface area contributed by atoms with Gasteiger partial charge in [0, 0.05) is 11.8 Å². The lowest BCUT2D eigenvalue weighted by molar-refractivity contribution is -0.121. The molecule has 0 saturated carbocycles. The standard InChI is InChI=1S/C16H19N3O2/c1-10-7-13(19-21-10)9-16(20)18-15-4-2-3-11-8-12(17)5-6-14(11)15/h5-8,15H,2-4,9,17H2,1H3,(H,18,20). The van der Waals surface area contributed by atoms with Gasteiger partial charge in [-0.1, -0.05) is 11.2 Å². The van der Waals surface area contributed by atoms with Crippen LogP contribution in [-0.2, 0) is 17.6 Å². The maximum atomic E-state index is 12.1. The number of hydrogen-bond acceptors (Lipinski definition) is 4. The van der Waals surface area contributed by atoms with Gasteiger partial charge in [0.2, 0.25) is 5.91 Å². The Hall–Kier alpha value is -2.30. The van der Waals surface area contributed by atoms with Crippen LogP contribution in [0.15, 0.2) is 28.8 Å². The molecule has 1 aliphatic rings. The number of nitrogens with one attached hydrogen (secondary N) is 1. The molecule has 1 amide bonds. The molecule has 0 radical (unpaired) electrons. The number of rotatable bonds is 3. The van der Waals surface area contributed by atoms with Crippen LogP contribution in [0.1, 0.15) is 41.5 Å². The van der Waals surface area contributed by atoms with Gasteiger partial charge in [0.15, 0.2) is 0 Å². The molecular formula is C16H19N3O2. The van der Waals surface area contributed by atoms with Gasteiger partial charge >= 0.3 is 0 Å². The number of fused-ring (bicyclic) bond motifs is 1. The minimum Gasteiger partial charge on any atom is -0.399 e. The highest BCUT2D eigenvalue weighted by Crippen LogP contribution is 2.30. The topological polar surface area (TPSA) is 81.2 Å². The number of nitrogens with zero attached hydrogens (tertiary/aromatic N) is 1. The molecule has 0 saturated heterocycles. The zero-order chi connectivity index (χ0) is 14.8. The van der Waals surface area contributed by atoms with Crippen LogP contribution in [0.2, 0.25) is 0 Å². The zero-order valence-corrected chi connectivity index (χ0v) is 12.1. The van der Waals surface area contributed by atoms with Gasteiger partial charge < -0.3 is 15.6 Å². The minimum absolute atomic E-state index is 0.0297. The van der Waals surface area contributed by atoms with Crippen LogP contribution in [0.3, 0.4) is 0 Å². The molecule has 0 bridgehead atoms. The van der Waals surface area contributed by atoms with Crippen molar-refractivity contribution in [2.45, 2.75) is 38.6 Å². The van der Waals surface area contributed by atoms with Crippen molar-refractivity contribution in [3.63, 3.8) is 0 Å². The summed E-state index contributed by atoms with van der Waals surface area (Å²) in [5.41, 5.74) is 9.69. The first-order chi connectivity index (χ1) is 10.1. The zero-order valence-electron chi connectivity index (χ0n) is 12.1. The van der Waals surface area contributed by atoms with Gasteiger partial charge in [-0.25, -0.2) is 0 Å². The highest BCUT2D eigenvalue weighted by Gasteiger charge is 2.22. The third-order valence-corrected chi connectivity index (χ3v) is 3.84. The quantitative estimate of drug-likeness (QED) is 0.848. The van der Waals surface area contributed by atoms with E-state index in [1.165, 1.54) is 11.1 Å². The van der Waals surface area contributed by atoms with E-state index in [9.17, 15) is 4.79 Å². The Bertz CT molecular complexity index is 663. The molecule has 1 aromatic carbocycles. The number of aryl methyl sites for hydroxylation is 2. The van der Waals surface area contributed by atoms with Gasteiger partial charge in [0.25, 0.3) is 0 Å². The first kappa shape index (κ1) is 13.7. The van der Waals surface area contributed by atoms with Crippen LogP contribution >= 0.6 is 0 Å². The van der Waals surface area contributed by atoms with Crippen LogP contribution in [0, 0.1) is 6.92 Å². The lowest BCUT2D eigenvalue weighted by Crippen LogP contribution is -2.32. The maximum absolute atomic E-state index is 12.1. The summed E-state index contributed by atoms with van der Waals surface area (Å²) >= 11 is 0. The van der Waals surface area contributed by atoms with Gasteiger partial charge in [0.05, 0.1) is 18.2 Å². The molecule has 3 N–H and O–H groups in total. The first-order valence-corrected chi connectivity index (χ1v) is 7.21. The second-order valence-corrected chi connectivity index (χ2v) is 5.58. The van der Waals surface area contributed by atoms with Crippen LogP contribution in [-0.4, -0.2) is 11.1 Å². The normalized spacial score (nSPS) is 17.3. The molecule has 1 aromatic heterocycles. The van der Waals surface area contributed by atoms with Crippen LogP contribution < -0.4 is 11.1 Å². The summed E-state index contributed by atoms with van der Waals surface area (Å²) in [5.74, 6) is 0.689. The van der Waals surface area contributed by atoms with E-state index in [0.29, 0.717) is 5.69 Å². The van der Waals surface area contributed by atoms with Crippen LogP contribution in [0.4, 0.5) is 5.69 Å². The molecule has 2 aromatic rings. The van der Waals surface area contributed by atoms with Crippen molar-refractivity contribution < 1.29 is 9.32 Å². The lowest BCUT2D eigenvalue weighted by atomic mass is 9.87. The average Bonchev–Trinajstić information content (AvgIpc) is 2.83. The second kappa shape index (κ2) is 5.60. The maximum Gasteiger partial charge on any atom is 0.226 e. The predicted octanol–water partition coefficient (Wildman–Crippen LogP) is 2.30. The van der Waals surface area contributed by atoms with Crippen molar-refractivity contribution in [2.75, 3.05) is 5.73 Å². The van der Waals surface area contributed by atoms with Crippen molar-refractivity contribution >= 4 is 11.6 Å². The smallest absolute Gasteiger partial charge is 0.226 e. The Morgan fingerprint density at radius 2 is 2.33 bits per heavy atom. The fraction of sp³-hybridized carbons (Fsp3) is 0.375. The number of carbonyl (C=O) groups is 1. The Balaban J connectivity index is 1.70. The second-order valence-electron chi connectivity index (χ2n) is 5.58. The van der Waals surface area contributed by atoms with E-state index in [0.717, 1.165) is 30.7 Å². The number of aromatic nitrogens is 1. The average molecular weight is 285 g/mol. The van der Waals surface area contributed by atoms with Gasteiger partial charge in [-0.15, -0.1) is 0 Å². The van der Waals surface area contributed by atoms with Crippen molar-refractivity contribution in [3.8, 4) is 0 Å². The molecule has 1 heterocycles. The van der Waals surface area contributed by atoms with E-state index >= 15 is 0 Å². The monoisotopic (exact) mass is 285 g/mol. The predicted molar refractivity (Wildman–Crippen MR) is 79.6 cm³/mol. The fourth-order valence-electron chi connectivity index (χ4n) is 2.90. The van der Waals surface area contributed by atoms with E-state index in [1.807, 2.05) is 25.1 Å². The number of amides is 1. The highest BCUT2D eigenvalue weighted by atomic mass is 16.5. The Morgan fingerprint density at radius 3 is 3.10 bits per heavy atom. The molecular weight excluding hydrogens is 266 g/mol. The molecule has 21 heavy (non-hydrogen) atoms. The lowest BCUT2D eigenvalue weighted by Gasteiger charge is -2.26. The van der Waals surface area contributed by atoms with E-state index in [-0.39, 0.29) is 18.4 Å². The Labute approximate surface area is 123 Å². The van der Waals surface area contributed by atoms with Gasteiger partial charge in [0.1, 0.15) is 5.76 Å². The molecule has 3 rings (SSSR count). The van der Waals surface area contributed by atoms with Crippen LogP contribution in [0.5, 0.6) is 0 Å². The largest absolute Gasteiger partial charge is 0.399 e. The number of hydrogen-bond donors (Lipinski definition) is 2.